The van der Waals surface area contributed by atoms with E-state index in [1.165, 1.54) is 12.1 Å². The van der Waals surface area contributed by atoms with Crippen molar-refractivity contribution in [1.29, 1.82) is 0 Å². The summed E-state index contributed by atoms with van der Waals surface area (Å²) in [5.74, 6) is -2.86. The van der Waals surface area contributed by atoms with Crippen molar-refractivity contribution in [2.75, 3.05) is 6.26 Å². The van der Waals surface area contributed by atoms with Gasteiger partial charge in [0, 0.05) is 22.9 Å². The van der Waals surface area contributed by atoms with E-state index >= 15 is 0 Å². The first kappa shape index (κ1) is 22.7. The Hall–Kier alpha value is -2.94. The van der Waals surface area contributed by atoms with Crippen molar-refractivity contribution < 1.29 is 21.6 Å². The Morgan fingerprint density at radius 1 is 0.968 bits per heavy atom. The minimum absolute atomic E-state index is 0.128. The number of aromatic amines is 1. The highest BCUT2D eigenvalue weighted by molar-refractivity contribution is 7.90. The number of nitrogens with one attached hydrogen (secondary N) is 1. The molecule has 0 saturated carbocycles. The van der Waals surface area contributed by atoms with Crippen molar-refractivity contribution in [2.45, 2.75) is 31.6 Å². The summed E-state index contributed by atoms with van der Waals surface area (Å²) in [7, 11) is -3.79. The predicted molar refractivity (Wildman–Crippen MR) is 112 cm³/mol. The van der Waals surface area contributed by atoms with Crippen LogP contribution in [0.1, 0.15) is 25.8 Å². The average Bonchev–Trinajstić information content (AvgIpc) is 2.67. The van der Waals surface area contributed by atoms with Gasteiger partial charge in [0.15, 0.2) is 21.5 Å². The second kappa shape index (κ2) is 8.66. The standard InChI is InChI=1S/C22H21F3N2O3S/c1-12(2)4-7-15-20(13-6-9-19(18(25)10-13)31(3,29)30)21(26-27-22(15)28)14-5-8-16(23)17(24)11-14/h5-6,8-12H,4,7H2,1-3H3,(H,27,28). The van der Waals surface area contributed by atoms with Gasteiger partial charge in [-0.05, 0) is 54.7 Å². The normalized spacial score (nSPS) is 11.8. The molecule has 5 nitrogen and oxygen atoms in total. The molecule has 31 heavy (non-hydrogen) atoms. The topological polar surface area (TPSA) is 79.9 Å². The number of rotatable bonds is 6. The summed E-state index contributed by atoms with van der Waals surface area (Å²) >= 11 is 0. The minimum Gasteiger partial charge on any atom is -0.268 e. The number of aromatic nitrogens is 2. The Labute approximate surface area is 177 Å². The average molecular weight is 450 g/mol. The van der Waals surface area contributed by atoms with Gasteiger partial charge in [-0.1, -0.05) is 19.9 Å². The van der Waals surface area contributed by atoms with Gasteiger partial charge in [-0.25, -0.2) is 26.7 Å². The van der Waals surface area contributed by atoms with E-state index in [4.69, 9.17) is 0 Å². The first-order valence-corrected chi connectivity index (χ1v) is 11.4. The molecule has 3 rings (SSSR count). The van der Waals surface area contributed by atoms with Crippen LogP contribution in [0.15, 0.2) is 46.1 Å². The third-order valence-electron chi connectivity index (χ3n) is 4.87. The Morgan fingerprint density at radius 3 is 2.19 bits per heavy atom. The van der Waals surface area contributed by atoms with Crippen LogP contribution < -0.4 is 5.56 Å². The van der Waals surface area contributed by atoms with Crippen LogP contribution in [0.4, 0.5) is 13.2 Å². The number of H-pyrrole nitrogens is 1. The van der Waals surface area contributed by atoms with Gasteiger partial charge in [0.1, 0.15) is 10.7 Å². The Bertz CT molecular complexity index is 1300. The first-order valence-electron chi connectivity index (χ1n) is 9.56. The fraction of sp³-hybridized carbons (Fsp3) is 0.273. The first-order chi connectivity index (χ1) is 14.5. The highest BCUT2D eigenvalue weighted by atomic mass is 32.2. The lowest BCUT2D eigenvalue weighted by molar-refractivity contribution is 0.509. The zero-order chi connectivity index (χ0) is 22.9. The lowest BCUT2D eigenvalue weighted by Crippen LogP contribution is -2.18. The van der Waals surface area contributed by atoms with Crippen molar-refractivity contribution in [1.82, 2.24) is 10.2 Å². The number of hydrogen-bond acceptors (Lipinski definition) is 4. The van der Waals surface area contributed by atoms with Gasteiger partial charge in [-0.3, -0.25) is 4.79 Å². The van der Waals surface area contributed by atoms with Crippen LogP contribution in [0, 0.1) is 23.4 Å². The second-order valence-corrected chi connectivity index (χ2v) is 9.72. The predicted octanol–water partition coefficient (Wildman–Crippen LogP) is 4.51. The van der Waals surface area contributed by atoms with Crippen LogP contribution in [0.3, 0.4) is 0 Å². The molecule has 0 bridgehead atoms. The molecule has 0 radical (unpaired) electrons. The maximum atomic E-state index is 14.6. The minimum atomic E-state index is -3.79. The van der Waals surface area contributed by atoms with E-state index in [2.05, 4.69) is 10.2 Å². The van der Waals surface area contributed by atoms with E-state index in [0.717, 1.165) is 30.5 Å². The summed E-state index contributed by atoms with van der Waals surface area (Å²) in [5.41, 5.74) is 0.577. The maximum Gasteiger partial charge on any atom is 0.268 e. The fourth-order valence-corrected chi connectivity index (χ4v) is 4.01. The number of benzene rings is 2. The Balaban J connectivity index is 2.31. The van der Waals surface area contributed by atoms with Crippen LogP contribution >= 0.6 is 0 Å². The summed E-state index contributed by atoms with van der Waals surface area (Å²) in [5, 5.41) is 6.39. The molecule has 2 aromatic carbocycles. The van der Waals surface area contributed by atoms with Crippen LogP contribution in [-0.2, 0) is 16.3 Å². The van der Waals surface area contributed by atoms with E-state index < -0.39 is 37.7 Å². The second-order valence-electron chi connectivity index (χ2n) is 7.73. The molecular formula is C22H21F3N2O3S. The molecule has 0 aliphatic rings. The van der Waals surface area contributed by atoms with Crippen LogP contribution in [-0.4, -0.2) is 24.9 Å². The zero-order valence-electron chi connectivity index (χ0n) is 17.2. The highest BCUT2D eigenvalue weighted by Crippen LogP contribution is 2.34. The van der Waals surface area contributed by atoms with Crippen molar-refractivity contribution in [2.24, 2.45) is 5.92 Å². The molecule has 0 amide bonds. The van der Waals surface area contributed by atoms with Crippen molar-refractivity contribution in [3.05, 3.63) is 69.8 Å². The van der Waals surface area contributed by atoms with Crippen LogP contribution in [0.2, 0.25) is 0 Å². The zero-order valence-corrected chi connectivity index (χ0v) is 18.0. The number of hydrogen-bond donors (Lipinski definition) is 1. The molecule has 0 spiro atoms. The van der Waals surface area contributed by atoms with Crippen molar-refractivity contribution in [3.63, 3.8) is 0 Å². The van der Waals surface area contributed by atoms with E-state index in [1.807, 2.05) is 13.8 Å². The molecule has 0 atom stereocenters. The van der Waals surface area contributed by atoms with Gasteiger partial charge in [-0.15, -0.1) is 0 Å². The molecule has 1 N–H and O–H groups in total. The molecule has 0 fully saturated rings. The molecule has 1 heterocycles. The monoisotopic (exact) mass is 450 g/mol. The molecule has 3 aromatic rings. The quantitative estimate of drug-likeness (QED) is 0.599. The van der Waals surface area contributed by atoms with E-state index in [1.54, 1.807) is 0 Å². The van der Waals surface area contributed by atoms with E-state index in [9.17, 15) is 26.4 Å². The van der Waals surface area contributed by atoms with Gasteiger partial charge in [0.05, 0.1) is 5.69 Å². The lowest BCUT2D eigenvalue weighted by Gasteiger charge is -2.15. The lowest BCUT2D eigenvalue weighted by atomic mass is 9.92. The molecular weight excluding hydrogens is 429 g/mol. The van der Waals surface area contributed by atoms with Gasteiger partial charge >= 0.3 is 0 Å². The number of halogens is 3. The van der Waals surface area contributed by atoms with E-state index in [0.29, 0.717) is 18.4 Å². The van der Waals surface area contributed by atoms with Gasteiger partial charge < -0.3 is 0 Å². The summed E-state index contributed by atoms with van der Waals surface area (Å²) in [6.07, 6.45) is 1.86. The summed E-state index contributed by atoms with van der Waals surface area (Å²) < 4.78 is 65.5. The third-order valence-corrected chi connectivity index (χ3v) is 6.00. The Morgan fingerprint density at radius 2 is 1.61 bits per heavy atom. The fourth-order valence-electron chi connectivity index (χ4n) is 3.28. The smallest absolute Gasteiger partial charge is 0.268 e. The molecule has 0 saturated heterocycles. The van der Waals surface area contributed by atoms with E-state index in [-0.39, 0.29) is 28.3 Å². The molecule has 9 heteroatoms. The number of sulfone groups is 1. The Kier molecular flexibility index (Phi) is 6.35. The van der Waals surface area contributed by atoms with Gasteiger partial charge in [0.2, 0.25) is 0 Å². The van der Waals surface area contributed by atoms with Crippen LogP contribution in [0.25, 0.3) is 22.4 Å². The van der Waals surface area contributed by atoms with Crippen LogP contribution in [0.5, 0.6) is 0 Å². The van der Waals surface area contributed by atoms with Gasteiger partial charge in [-0.2, -0.15) is 5.10 Å². The largest absolute Gasteiger partial charge is 0.268 e. The van der Waals surface area contributed by atoms with Gasteiger partial charge in [0.25, 0.3) is 5.56 Å². The molecule has 0 aliphatic carbocycles. The SMILES string of the molecule is CC(C)CCc1c(-c2ccc(S(C)(=O)=O)c(F)c2)c(-c2ccc(F)c(F)c2)n[nH]c1=O. The number of nitrogens with zero attached hydrogens (tertiary/aromatic N) is 1. The molecule has 0 aliphatic heterocycles. The highest BCUT2D eigenvalue weighted by Gasteiger charge is 2.21. The van der Waals surface area contributed by atoms with Crippen molar-refractivity contribution >= 4 is 9.84 Å². The summed E-state index contributed by atoms with van der Waals surface area (Å²) in [4.78, 5) is 12.1. The third kappa shape index (κ3) is 4.87. The van der Waals surface area contributed by atoms with Crippen molar-refractivity contribution in [3.8, 4) is 22.4 Å². The molecule has 1 aromatic heterocycles. The maximum absolute atomic E-state index is 14.6. The summed E-state index contributed by atoms with van der Waals surface area (Å²) in [6, 6.07) is 6.67. The summed E-state index contributed by atoms with van der Waals surface area (Å²) in [6.45, 7) is 3.96. The molecule has 0 unspecified atom stereocenters. The molecule has 164 valence electrons.